The van der Waals surface area contributed by atoms with Crippen LogP contribution in [0.3, 0.4) is 0 Å². The molecule has 1 saturated heterocycles. The van der Waals surface area contributed by atoms with Gasteiger partial charge in [-0.3, -0.25) is 0 Å². The highest BCUT2D eigenvalue weighted by molar-refractivity contribution is 7.89. The van der Waals surface area contributed by atoms with Gasteiger partial charge in [-0.2, -0.15) is 0 Å². The molecule has 0 saturated carbocycles. The van der Waals surface area contributed by atoms with E-state index in [1.807, 2.05) is 0 Å². The van der Waals surface area contributed by atoms with Gasteiger partial charge in [0, 0.05) is 17.6 Å². The lowest BCUT2D eigenvalue weighted by Gasteiger charge is -2.23. The van der Waals surface area contributed by atoms with Gasteiger partial charge in [0.1, 0.15) is 4.90 Å². The molecule has 0 spiro atoms. The summed E-state index contributed by atoms with van der Waals surface area (Å²) in [6.45, 7) is 1.56. The number of halogens is 3. The molecular formula is C11H15Cl3N2O2S. The molecule has 1 aromatic carbocycles. The molecule has 108 valence electrons. The highest BCUT2D eigenvalue weighted by Crippen LogP contribution is 2.25. The van der Waals surface area contributed by atoms with Gasteiger partial charge < -0.3 is 5.32 Å². The van der Waals surface area contributed by atoms with Crippen molar-refractivity contribution in [1.29, 1.82) is 0 Å². The van der Waals surface area contributed by atoms with Gasteiger partial charge in [-0.25, -0.2) is 13.1 Å². The highest BCUT2D eigenvalue weighted by Gasteiger charge is 2.23. The Hall–Kier alpha value is -0.0400. The first-order valence-electron chi connectivity index (χ1n) is 5.67. The fourth-order valence-corrected chi connectivity index (χ4v) is 3.95. The van der Waals surface area contributed by atoms with E-state index in [-0.39, 0.29) is 28.4 Å². The summed E-state index contributed by atoms with van der Waals surface area (Å²) in [6, 6.07) is 4.31. The van der Waals surface area contributed by atoms with Gasteiger partial charge in [0.05, 0.1) is 5.02 Å². The summed E-state index contributed by atoms with van der Waals surface area (Å²) >= 11 is 11.7. The maximum atomic E-state index is 12.2. The smallest absolute Gasteiger partial charge is 0.242 e. The van der Waals surface area contributed by atoms with Gasteiger partial charge in [-0.1, -0.05) is 23.2 Å². The normalized spacial score (nSPS) is 19.8. The fraction of sp³-hybridized carbons (Fsp3) is 0.455. The van der Waals surface area contributed by atoms with E-state index in [0.29, 0.717) is 11.6 Å². The Morgan fingerprint density at radius 1 is 1.32 bits per heavy atom. The third kappa shape index (κ3) is 4.48. The Morgan fingerprint density at radius 3 is 2.68 bits per heavy atom. The topological polar surface area (TPSA) is 58.2 Å². The average molecular weight is 346 g/mol. The average Bonchev–Trinajstić information content (AvgIpc) is 2.33. The third-order valence-corrected chi connectivity index (χ3v) is 5.04. The third-order valence-electron chi connectivity index (χ3n) is 2.80. The molecule has 0 aliphatic carbocycles. The van der Waals surface area contributed by atoms with Crippen LogP contribution in [0.1, 0.15) is 12.8 Å². The quantitative estimate of drug-likeness (QED) is 0.884. The van der Waals surface area contributed by atoms with Crippen molar-refractivity contribution < 1.29 is 8.42 Å². The molecule has 19 heavy (non-hydrogen) atoms. The number of sulfonamides is 1. The predicted molar refractivity (Wildman–Crippen MR) is 79.9 cm³/mol. The standard InChI is InChI=1S/C11H14Cl2N2O2S.ClH/c12-8-3-4-10(13)11(6-8)18(16,17)15-9-2-1-5-14-7-9;/h3-4,6,9,14-15H,1-2,5,7H2;1H/t9-;/m1./s1. The Morgan fingerprint density at radius 2 is 2.05 bits per heavy atom. The zero-order valence-electron chi connectivity index (χ0n) is 10.0. The Bertz CT molecular complexity index is 531. The predicted octanol–water partition coefficient (Wildman–Crippen LogP) is 2.45. The Kier molecular flexibility index (Phi) is 6.36. The molecule has 0 aromatic heterocycles. The first-order chi connectivity index (χ1) is 8.49. The van der Waals surface area contributed by atoms with E-state index >= 15 is 0 Å². The molecule has 2 rings (SSSR count). The minimum atomic E-state index is -3.62. The molecule has 8 heteroatoms. The second-order valence-corrected chi connectivity index (χ2v) is 6.77. The summed E-state index contributed by atoms with van der Waals surface area (Å²) in [7, 11) is -3.62. The first-order valence-corrected chi connectivity index (χ1v) is 7.91. The van der Waals surface area contributed by atoms with Gasteiger partial charge in [0.2, 0.25) is 10.0 Å². The Labute approximate surface area is 129 Å². The highest BCUT2D eigenvalue weighted by atomic mass is 35.5. The van der Waals surface area contributed by atoms with Crippen LogP contribution in [0.25, 0.3) is 0 Å². The van der Waals surface area contributed by atoms with E-state index in [4.69, 9.17) is 23.2 Å². The lowest BCUT2D eigenvalue weighted by molar-refractivity contribution is 0.428. The number of piperidine rings is 1. The summed E-state index contributed by atoms with van der Waals surface area (Å²) in [6.07, 6.45) is 1.78. The van der Waals surface area contributed by atoms with Crippen molar-refractivity contribution in [2.75, 3.05) is 13.1 Å². The lowest BCUT2D eigenvalue weighted by Crippen LogP contribution is -2.45. The number of nitrogens with one attached hydrogen (secondary N) is 2. The van der Waals surface area contributed by atoms with Gasteiger partial charge in [0.15, 0.2) is 0 Å². The van der Waals surface area contributed by atoms with E-state index < -0.39 is 10.0 Å². The monoisotopic (exact) mass is 344 g/mol. The number of hydrogen-bond acceptors (Lipinski definition) is 3. The van der Waals surface area contributed by atoms with E-state index in [1.54, 1.807) is 6.07 Å². The minimum Gasteiger partial charge on any atom is -0.315 e. The lowest BCUT2D eigenvalue weighted by atomic mass is 10.1. The summed E-state index contributed by atoms with van der Waals surface area (Å²) in [5.74, 6) is 0. The maximum Gasteiger partial charge on any atom is 0.242 e. The molecule has 1 aliphatic heterocycles. The van der Waals surface area contributed by atoms with Crippen LogP contribution in [0.5, 0.6) is 0 Å². The van der Waals surface area contributed by atoms with Crippen molar-refractivity contribution in [3.63, 3.8) is 0 Å². The molecule has 1 aromatic rings. The minimum absolute atomic E-state index is 0. The van der Waals surface area contributed by atoms with Crippen LogP contribution < -0.4 is 10.0 Å². The van der Waals surface area contributed by atoms with Crippen molar-refractivity contribution in [3.05, 3.63) is 28.2 Å². The molecule has 4 nitrogen and oxygen atoms in total. The molecule has 2 N–H and O–H groups in total. The number of benzene rings is 1. The Balaban J connectivity index is 0.00000180. The van der Waals surface area contributed by atoms with Crippen LogP contribution in [0.15, 0.2) is 23.1 Å². The van der Waals surface area contributed by atoms with Gasteiger partial charge in [-0.15, -0.1) is 12.4 Å². The molecule has 0 unspecified atom stereocenters. The molecule has 0 radical (unpaired) electrons. The van der Waals surface area contributed by atoms with Crippen LogP contribution in [0.2, 0.25) is 10.0 Å². The summed E-state index contributed by atoms with van der Waals surface area (Å²) in [4.78, 5) is 0.0299. The van der Waals surface area contributed by atoms with Crippen molar-refractivity contribution in [2.24, 2.45) is 0 Å². The van der Waals surface area contributed by atoms with Crippen molar-refractivity contribution in [3.8, 4) is 0 Å². The zero-order valence-corrected chi connectivity index (χ0v) is 13.2. The van der Waals surface area contributed by atoms with Crippen molar-refractivity contribution in [2.45, 2.75) is 23.8 Å². The van der Waals surface area contributed by atoms with Crippen LogP contribution in [0, 0.1) is 0 Å². The van der Waals surface area contributed by atoms with Crippen LogP contribution in [-0.4, -0.2) is 27.5 Å². The van der Waals surface area contributed by atoms with Gasteiger partial charge in [-0.05, 0) is 37.6 Å². The molecule has 1 heterocycles. The second kappa shape index (κ2) is 7.11. The number of hydrogen-bond donors (Lipinski definition) is 2. The molecule has 1 fully saturated rings. The van der Waals surface area contributed by atoms with Gasteiger partial charge in [0.25, 0.3) is 0 Å². The molecule has 1 aliphatic rings. The largest absolute Gasteiger partial charge is 0.315 e. The summed E-state index contributed by atoms with van der Waals surface area (Å²) in [5.41, 5.74) is 0. The second-order valence-electron chi connectivity index (χ2n) is 4.24. The summed E-state index contributed by atoms with van der Waals surface area (Å²) in [5, 5.41) is 3.67. The molecule has 0 amide bonds. The first kappa shape index (κ1) is 17.0. The van der Waals surface area contributed by atoms with E-state index in [0.717, 1.165) is 19.4 Å². The molecule has 1 atom stereocenters. The van der Waals surface area contributed by atoms with Gasteiger partial charge >= 0.3 is 0 Å². The van der Waals surface area contributed by atoms with Crippen LogP contribution in [-0.2, 0) is 10.0 Å². The van der Waals surface area contributed by atoms with E-state index in [9.17, 15) is 8.42 Å². The van der Waals surface area contributed by atoms with Crippen LogP contribution >= 0.6 is 35.6 Å². The number of rotatable bonds is 3. The SMILES string of the molecule is Cl.O=S(=O)(N[C@@H]1CCCNC1)c1cc(Cl)ccc1Cl. The molecular weight excluding hydrogens is 331 g/mol. The zero-order chi connectivity index (χ0) is 13.2. The molecule has 0 bridgehead atoms. The van der Waals surface area contributed by atoms with Crippen molar-refractivity contribution >= 4 is 45.6 Å². The van der Waals surface area contributed by atoms with Crippen LogP contribution in [0.4, 0.5) is 0 Å². The van der Waals surface area contributed by atoms with E-state index in [1.165, 1.54) is 12.1 Å². The van der Waals surface area contributed by atoms with E-state index in [2.05, 4.69) is 10.0 Å². The summed E-state index contributed by atoms with van der Waals surface area (Å²) < 4.78 is 27.0. The van der Waals surface area contributed by atoms with Crippen molar-refractivity contribution in [1.82, 2.24) is 10.0 Å². The fourth-order valence-electron chi connectivity index (χ4n) is 1.92. The maximum absolute atomic E-state index is 12.2.